The van der Waals surface area contributed by atoms with Crippen molar-refractivity contribution >= 4 is 5.91 Å². The van der Waals surface area contributed by atoms with E-state index in [9.17, 15) is 9.18 Å². The van der Waals surface area contributed by atoms with E-state index in [1.54, 1.807) is 18.2 Å². The van der Waals surface area contributed by atoms with Gasteiger partial charge < -0.3 is 11.1 Å². The molecule has 1 aromatic rings. The average molecular weight is 252 g/mol. The molecule has 0 aliphatic rings. The van der Waals surface area contributed by atoms with Crippen molar-refractivity contribution in [3.8, 4) is 0 Å². The molecule has 0 saturated carbocycles. The zero-order valence-electron chi connectivity index (χ0n) is 11.0. The maximum Gasteiger partial charge on any atom is 0.240 e. The number of hydrogen-bond donors (Lipinski definition) is 2. The largest absolute Gasteiger partial charge is 0.354 e. The fraction of sp³-hybridized carbons (Fsp3) is 0.500. The van der Waals surface area contributed by atoms with Crippen LogP contribution in [0.1, 0.15) is 32.3 Å². The maximum absolute atomic E-state index is 13.3. The van der Waals surface area contributed by atoms with Gasteiger partial charge in [0.25, 0.3) is 0 Å². The Morgan fingerprint density at radius 3 is 2.50 bits per heavy atom. The average Bonchev–Trinajstić information content (AvgIpc) is 2.39. The zero-order valence-corrected chi connectivity index (χ0v) is 11.0. The van der Waals surface area contributed by atoms with Crippen LogP contribution in [0, 0.1) is 5.82 Å². The summed E-state index contributed by atoms with van der Waals surface area (Å²) < 4.78 is 13.3. The molecule has 0 aromatic heterocycles. The van der Waals surface area contributed by atoms with Gasteiger partial charge in [0.05, 0.1) is 5.54 Å². The number of hydrogen-bond acceptors (Lipinski definition) is 2. The summed E-state index contributed by atoms with van der Waals surface area (Å²) in [6.07, 6.45) is 1.66. The van der Waals surface area contributed by atoms with Crippen LogP contribution in [0.15, 0.2) is 24.3 Å². The monoisotopic (exact) mass is 252 g/mol. The van der Waals surface area contributed by atoms with Crippen molar-refractivity contribution in [1.29, 1.82) is 0 Å². The van der Waals surface area contributed by atoms with Crippen molar-refractivity contribution in [3.05, 3.63) is 35.6 Å². The van der Waals surface area contributed by atoms with Crippen LogP contribution in [-0.2, 0) is 11.2 Å². The molecular weight excluding hydrogens is 231 g/mol. The molecule has 100 valence electrons. The Balaban J connectivity index is 2.48. The van der Waals surface area contributed by atoms with Crippen molar-refractivity contribution in [2.75, 3.05) is 6.54 Å². The minimum absolute atomic E-state index is 0.163. The van der Waals surface area contributed by atoms with Gasteiger partial charge in [0, 0.05) is 6.54 Å². The van der Waals surface area contributed by atoms with Crippen molar-refractivity contribution < 1.29 is 9.18 Å². The molecule has 1 rings (SSSR count). The molecule has 18 heavy (non-hydrogen) atoms. The van der Waals surface area contributed by atoms with Gasteiger partial charge in [0.15, 0.2) is 0 Å². The second-order valence-electron chi connectivity index (χ2n) is 4.46. The summed E-state index contributed by atoms with van der Waals surface area (Å²) in [7, 11) is 0. The van der Waals surface area contributed by atoms with Crippen molar-refractivity contribution in [1.82, 2.24) is 5.32 Å². The molecule has 0 saturated heterocycles. The molecule has 0 spiro atoms. The quantitative estimate of drug-likeness (QED) is 0.813. The molecular formula is C14H21FN2O. The maximum atomic E-state index is 13.3. The summed E-state index contributed by atoms with van der Waals surface area (Å²) in [5.41, 5.74) is 5.76. The third-order valence-electron chi connectivity index (χ3n) is 3.35. The van der Waals surface area contributed by atoms with E-state index in [1.807, 2.05) is 13.8 Å². The van der Waals surface area contributed by atoms with Gasteiger partial charge in [-0.1, -0.05) is 32.0 Å². The number of carbonyl (C=O) groups excluding carboxylic acids is 1. The first-order valence-electron chi connectivity index (χ1n) is 6.34. The Bertz CT molecular complexity index is 403. The third kappa shape index (κ3) is 3.53. The van der Waals surface area contributed by atoms with Gasteiger partial charge in [0.2, 0.25) is 5.91 Å². The second kappa shape index (κ2) is 6.50. The van der Waals surface area contributed by atoms with Crippen molar-refractivity contribution in [2.45, 2.75) is 38.6 Å². The molecule has 1 aromatic carbocycles. The standard InChI is InChI=1S/C14H21FN2O/c1-3-14(16,4-2)13(18)17-10-9-11-7-5-6-8-12(11)15/h5-8H,3-4,9-10,16H2,1-2H3,(H,17,18). The lowest BCUT2D eigenvalue weighted by atomic mass is 9.93. The normalized spacial score (nSPS) is 11.3. The molecule has 1 amide bonds. The molecule has 0 aliphatic heterocycles. The highest BCUT2D eigenvalue weighted by atomic mass is 19.1. The number of benzene rings is 1. The van der Waals surface area contributed by atoms with E-state index in [0.29, 0.717) is 31.4 Å². The minimum Gasteiger partial charge on any atom is -0.354 e. The fourth-order valence-corrected chi connectivity index (χ4v) is 1.76. The molecule has 4 heteroatoms. The summed E-state index contributed by atoms with van der Waals surface area (Å²) in [4.78, 5) is 11.9. The van der Waals surface area contributed by atoms with E-state index in [-0.39, 0.29) is 11.7 Å². The van der Waals surface area contributed by atoms with Gasteiger partial charge in [-0.05, 0) is 30.9 Å². The molecule has 0 atom stereocenters. The van der Waals surface area contributed by atoms with E-state index in [1.165, 1.54) is 6.07 Å². The SMILES string of the molecule is CCC(N)(CC)C(=O)NCCc1ccccc1F. The number of amides is 1. The highest BCUT2D eigenvalue weighted by Gasteiger charge is 2.29. The lowest BCUT2D eigenvalue weighted by Gasteiger charge is -2.25. The first kappa shape index (κ1) is 14.6. The summed E-state index contributed by atoms with van der Waals surface area (Å²) in [6, 6.07) is 6.57. The number of rotatable bonds is 6. The Hall–Kier alpha value is -1.42. The lowest BCUT2D eigenvalue weighted by molar-refractivity contribution is -0.126. The minimum atomic E-state index is -0.810. The molecule has 0 bridgehead atoms. The van der Waals surface area contributed by atoms with Crippen molar-refractivity contribution in [3.63, 3.8) is 0 Å². The van der Waals surface area contributed by atoms with E-state index < -0.39 is 5.54 Å². The predicted octanol–water partition coefficient (Wildman–Crippen LogP) is 2.00. The first-order valence-corrected chi connectivity index (χ1v) is 6.34. The van der Waals surface area contributed by atoms with Crippen LogP contribution in [0.4, 0.5) is 4.39 Å². The predicted molar refractivity (Wildman–Crippen MR) is 70.6 cm³/mol. The number of carbonyl (C=O) groups is 1. The molecule has 0 unspecified atom stereocenters. The summed E-state index contributed by atoms with van der Waals surface area (Å²) in [5.74, 6) is -0.402. The molecule has 0 fully saturated rings. The molecule has 0 radical (unpaired) electrons. The van der Waals surface area contributed by atoms with Gasteiger partial charge in [-0.3, -0.25) is 4.79 Å². The van der Waals surface area contributed by atoms with Crippen LogP contribution in [0.25, 0.3) is 0 Å². The molecule has 3 nitrogen and oxygen atoms in total. The van der Waals surface area contributed by atoms with Gasteiger partial charge in [-0.2, -0.15) is 0 Å². The van der Waals surface area contributed by atoms with Gasteiger partial charge in [-0.25, -0.2) is 4.39 Å². The Morgan fingerprint density at radius 2 is 1.94 bits per heavy atom. The molecule has 0 aliphatic carbocycles. The van der Waals surface area contributed by atoms with Crippen LogP contribution in [0.5, 0.6) is 0 Å². The summed E-state index contributed by atoms with van der Waals surface area (Å²) >= 11 is 0. The number of halogens is 1. The smallest absolute Gasteiger partial charge is 0.240 e. The Kier molecular flexibility index (Phi) is 5.28. The first-order chi connectivity index (χ1) is 8.53. The fourth-order valence-electron chi connectivity index (χ4n) is 1.76. The molecule has 0 heterocycles. The van der Waals surface area contributed by atoms with E-state index in [2.05, 4.69) is 5.32 Å². The number of nitrogens with one attached hydrogen (secondary N) is 1. The van der Waals surface area contributed by atoms with Crippen LogP contribution in [0.3, 0.4) is 0 Å². The Labute approximate surface area is 108 Å². The highest BCUT2D eigenvalue weighted by molar-refractivity contribution is 5.85. The van der Waals surface area contributed by atoms with Crippen LogP contribution in [-0.4, -0.2) is 18.0 Å². The lowest BCUT2D eigenvalue weighted by Crippen LogP contribution is -2.53. The zero-order chi connectivity index (χ0) is 13.6. The van der Waals surface area contributed by atoms with Gasteiger partial charge in [-0.15, -0.1) is 0 Å². The van der Waals surface area contributed by atoms with E-state index in [4.69, 9.17) is 5.73 Å². The van der Waals surface area contributed by atoms with E-state index >= 15 is 0 Å². The van der Waals surface area contributed by atoms with Crippen LogP contribution in [0.2, 0.25) is 0 Å². The summed E-state index contributed by atoms with van der Waals surface area (Å²) in [6.45, 7) is 4.18. The van der Waals surface area contributed by atoms with Crippen LogP contribution < -0.4 is 11.1 Å². The van der Waals surface area contributed by atoms with Gasteiger partial charge in [0.1, 0.15) is 5.82 Å². The number of nitrogens with two attached hydrogens (primary N) is 1. The topological polar surface area (TPSA) is 55.1 Å². The van der Waals surface area contributed by atoms with Gasteiger partial charge >= 0.3 is 0 Å². The van der Waals surface area contributed by atoms with Crippen LogP contribution >= 0.6 is 0 Å². The summed E-state index contributed by atoms with van der Waals surface area (Å²) in [5, 5.41) is 2.77. The highest BCUT2D eigenvalue weighted by Crippen LogP contribution is 2.11. The second-order valence-corrected chi connectivity index (χ2v) is 4.46. The molecule has 3 N–H and O–H groups in total. The third-order valence-corrected chi connectivity index (χ3v) is 3.35. The van der Waals surface area contributed by atoms with Crippen molar-refractivity contribution in [2.24, 2.45) is 5.73 Å². The van der Waals surface area contributed by atoms with E-state index in [0.717, 1.165) is 0 Å². The Morgan fingerprint density at radius 1 is 1.33 bits per heavy atom.